The van der Waals surface area contributed by atoms with Crippen molar-refractivity contribution < 1.29 is 23.2 Å². The molecule has 3 atom stereocenters. The molecule has 1 saturated heterocycles. The van der Waals surface area contributed by atoms with Gasteiger partial charge in [0.25, 0.3) is 16.6 Å². The van der Waals surface area contributed by atoms with Crippen LogP contribution in [0, 0.1) is 23.2 Å². The third-order valence-corrected chi connectivity index (χ3v) is 25.1. The molecule has 1 aliphatic rings. The predicted octanol–water partition coefficient (Wildman–Crippen LogP) is 9.36. The van der Waals surface area contributed by atoms with Gasteiger partial charge in [-0.2, -0.15) is 0 Å². The van der Waals surface area contributed by atoms with Crippen LogP contribution < -0.4 is 20.7 Å². The van der Waals surface area contributed by atoms with E-state index in [0.717, 1.165) is 17.8 Å². The normalized spacial score (nSPS) is 16.1. The molecule has 0 aromatic heterocycles. The topological polar surface area (TPSA) is 61.8 Å². The molecule has 9 heteroatoms. The van der Waals surface area contributed by atoms with Crippen molar-refractivity contribution in [1.82, 2.24) is 0 Å². The molecule has 0 aliphatic carbocycles. The molecular weight excluding hydrogens is 789 g/mol. The summed E-state index contributed by atoms with van der Waals surface area (Å²) < 4.78 is 21.2. The van der Waals surface area contributed by atoms with Crippen molar-refractivity contribution in [2.45, 2.75) is 89.8 Å². The number of esters is 1. The first-order valence-electron chi connectivity index (χ1n) is 20.9. The van der Waals surface area contributed by atoms with E-state index in [1.54, 1.807) is 0 Å². The summed E-state index contributed by atoms with van der Waals surface area (Å²) >= 11 is 3.86. The fourth-order valence-electron chi connectivity index (χ4n) is 8.76. The smallest absolute Gasteiger partial charge is 0.311 e. The van der Waals surface area contributed by atoms with Gasteiger partial charge in [0.1, 0.15) is 6.29 Å². The molecule has 0 unspecified atom stereocenters. The average molecular weight is 855 g/mol. The Balaban J connectivity index is 1.53. The van der Waals surface area contributed by atoms with Crippen LogP contribution in [0.15, 0.2) is 121 Å². The van der Waals surface area contributed by atoms with Gasteiger partial charge in [-0.05, 0) is 70.4 Å². The van der Waals surface area contributed by atoms with E-state index in [4.69, 9.17) is 13.6 Å². The fraction of sp³-hybridized carbons (Fsp3) is 0.469. The van der Waals surface area contributed by atoms with Gasteiger partial charge >= 0.3 is 5.97 Å². The molecule has 4 aromatic carbocycles. The molecular formula is C49H66O5S2Si2. The second-order valence-electron chi connectivity index (χ2n) is 18.7. The van der Waals surface area contributed by atoms with Crippen LogP contribution in [0.3, 0.4) is 0 Å². The number of aldehydes is 1. The number of rotatable bonds is 18. The summed E-state index contributed by atoms with van der Waals surface area (Å²) in [4.78, 5) is 26.9. The molecule has 0 spiro atoms. The maximum absolute atomic E-state index is 13.6. The summed E-state index contributed by atoms with van der Waals surface area (Å²) in [6, 6.07) is 42.8. The predicted molar refractivity (Wildman–Crippen MR) is 252 cm³/mol. The number of thioether (sulfide) groups is 2. The van der Waals surface area contributed by atoms with E-state index in [1.165, 1.54) is 20.7 Å². The van der Waals surface area contributed by atoms with Crippen molar-refractivity contribution in [3.8, 4) is 0 Å². The Labute approximate surface area is 360 Å². The zero-order valence-electron chi connectivity index (χ0n) is 36.2. The minimum atomic E-state index is -2.84. The van der Waals surface area contributed by atoms with Crippen molar-refractivity contribution in [3.63, 3.8) is 0 Å². The first-order chi connectivity index (χ1) is 27.6. The molecule has 1 fully saturated rings. The summed E-state index contributed by atoms with van der Waals surface area (Å²) in [5, 5.41) is 4.53. The zero-order chi connectivity index (χ0) is 42.0. The van der Waals surface area contributed by atoms with Crippen LogP contribution in [0.2, 0.25) is 10.1 Å². The van der Waals surface area contributed by atoms with Gasteiger partial charge in [-0.3, -0.25) is 4.79 Å². The lowest BCUT2D eigenvalue weighted by molar-refractivity contribution is -0.155. The highest BCUT2D eigenvalue weighted by atomic mass is 32.2. The molecule has 5 rings (SSSR count). The number of hydrogen-bond donors (Lipinski definition) is 0. The summed E-state index contributed by atoms with van der Waals surface area (Å²) in [7, 11) is -5.66. The van der Waals surface area contributed by atoms with Gasteiger partial charge in [-0.1, -0.05) is 163 Å². The molecule has 0 bridgehead atoms. The largest absolute Gasteiger partial charge is 0.465 e. The Morgan fingerprint density at radius 1 is 0.621 bits per heavy atom. The molecule has 1 heterocycles. The van der Waals surface area contributed by atoms with E-state index in [1.807, 2.05) is 44.3 Å². The molecule has 0 radical (unpaired) electrons. The standard InChI is InChI=1S/C49H66O5S2Si2/c1-47(2,3)46(51)52-37-44(45-55-34-35-56-45)43(31-33-54-58(49(7,8)9,41-26-18-12-19-27-41)42-28-20-13-21-29-42)38(36-50)30-32-53-57(48(4,5)6,39-22-14-10-15-23-39)40-24-16-11-17-25-40/h10-29,36,38,43-45H,30-35,37H2,1-9H3/t38-,43-,44-/m1/s1. The lowest BCUT2D eigenvalue weighted by Gasteiger charge is -2.44. The minimum absolute atomic E-state index is 0.0466. The average Bonchev–Trinajstić information content (AvgIpc) is 3.74. The third kappa shape index (κ3) is 10.5. The maximum Gasteiger partial charge on any atom is 0.311 e. The zero-order valence-corrected chi connectivity index (χ0v) is 39.9. The van der Waals surface area contributed by atoms with Crippen LogP contribution in [-0.4, -0.2) is 64.8 Å². The molecule has 312 valence electrons. The third-order valence-electron chi connectivity index (χ3n) is 11.7. The Hall–Kier alpha value is -2.93. The van der Waals surface area contributed by atoms with Crippen LogP contribution in [0.1, 0.15) is 75.2 Å². The Morgan fingerprint density at radius 3 is 1.31 bits per heavy atom. The van der Waals surface area contributed by atoms with E-state index in [2.05, 4.69) is 163 Å². The van der Waals surface area contributed by atoms with Crippen molar-refractivity contribution in [2.75, 3.05) is 31.3 Å². The highest BCUT2D eigenvalue weighted by Crippen LogP contribution is 2.45. The van der Waals surface area contributed by atoms with Crippen LogP contribution >= 0.6 is 23.5 Å². The lowest BCUT2D eigenvalue weighted by Crippen LogP contribution is -2.66. The van der Waals surface area contributed by atoms with Crippen molar-refractivity contribution in [1.29, 1.82) is 0 Å². The molecule has 0 N–H and O–H groups in total. The van der Waals surface area contributed by atoms with Gasteiger partial charge in [0, 0.05) is 36.6 Å². The maximum atomic E-state index is 13.6. The van der Waals surface area contributed by atoms with E-state index in [-0.39, 0.29) is 45.0 Å². The SMILES string of the molecule is CC(C)(C)C(=O)OC[C@@H](C1SCCS1)[C@H](CCO[Si](c1ccccc1)(c1ccccc1)C(C)(C)C)[C@@H](C=O)CCO[Si](c1ccccc1)(c1ccccc1)C(C)(C)C. The Kier molecular flexibility index (Phi) is 16.0. The summed E-state index contributed by atoms with van der Waals surface area (Å²) in [6.45, 7) is 20.6. The number of carbonyl (C=O) groups excluding carboxylic acids is 2. The van der Waals surface area contributed by atoms with Crippen LogP contribution in [-0.2, 0) is 23.2 Å². The first-order valence-corrected chi connectivity index (χ1v) is 26.8. The molecule has 4 aromatic rings. The van der Waals surface area contributed by atoms with Gasteiger partial charge < -0.3 is 18.4 Å². The fourth-order valence-corrected chi connectivity index (χ4v) is 21.2. The van der Waals surface area contributed by atoms with Gasteiger partial charge in [-0.15, -0.1) is 23.5 Å². The number of ether oxygens (including phenoxy) is 1. The van der Waals surface area contributed by atoms with Crippen LogP contribution in [0.25, 0.3) is 0 Å². The molecule has 0 amide bonds. The first kappa shape index (κ1) is 46.1. The molecule has 0 saturated carbocycles. The van der Waals surface area contributed by atoms with Gasteiger partial charge in [0.15, 0.2) is 0 Å². The van der Waals surface area contributed by atoms with Gasteiger partial charge in [0.2, 0.25) is 0 Å². The number of benzene rings is 4. The molecule has 5 nitrogen and oxygen atoms in total. The van der Waals surface area contributed by atoms with Crippen molar-refractivity contribution in [2.24, 2.45) is 23.2 Å². The molecule has 58 heavy (non-hydrogen) atoms. The van der Waals surface area contributed by atoms with Crippen molar-refractivity contribution in [3.05, 3.63) is 121 Å². The highest BCUT2D eigenvalue weighted by Gasteiger charge is 2.52. The van der Waals surface area contributed by atoms with Gasteiger partial charge in [0.05, 0.1) is 16.6 Å². The second-order valence-corrected chi connectivity index (χ2v) is 30.1. The highest BCUT2D eigenvalue weighted by molar-refractivity contribution is 8.20. The number of carbonyl (C=O) groups is 2. The number of hydrogen-bond acceptors (Lipinski definition) is 7. The van der Waals surface area contributed by atoms with E-state index in [0.29, 0.717) is 26.1 Å². The minimum Gasteiger partial charge on any atom is -0.465 e. The van der Waals surface area contributed by atoms with E-state index in [9.17, 15) is 9.59 Å². The molecule has 1 aliphatic heterocycles. The van der Waals surface area contributed by atoms with Gasteiger partial charge in [-0.25, -0.2) is 0 Å². The van der Waals surface area contributed by atoms with E-state index >= 15 is 0 Å². The van der Waals surface area contributed by atoms with Crippen molar-refractivity contribution >= 4 is 73.2 Å². The monoisotopic (exact) mass is 854 g/mol. The summed E-state index contributed by atoms with van der Waals surface area (Å²) in [5.41, 5.74) is -0.629. The van der Waals surface area contributed by atoms with Crippen LogP contribution in [0.5, 0.6) is 0 Å². The summed E-state index contributed by atoms with van der Waals surface area (Å²) in [5.74, 6) is 1.37. The Morgan fingerprint density at radius 2 is 0.983 bits per heavy atom. The van der Waals surface area contributed by atoms with Crippen LogP contribution in [0.4, 0.5) is 0 Å². The lowest BCUT2D eigenvalue weighted by atomic mass is 9.79. The van der Waals surface area contributed by atoms with E-state index < -0.39 is 22.0 Å². The second kappa shape index (κ2) is 20.1. The Bertz CT molecular complexity index is 1770. The quantitative estimate of drug-likeness (QED) is 0.0562. The summed E-state index contributed by atoms with van der Waals surface area (Å²) in [6.07, 6.45) is 2.37.